The molecule has 18 heavy (non-hydrogen) atoms. The topological polar surface area (TPSA) is 61.4 Å². The van der Waals surface area contributed by atoms with E-state index in [1.54, 1.807) is 14.1 Å². The number of hydrogen-bond donors (Lipinski definition) is 2. The summed E-state index contributed by atoms with van der Waals surface area (Å²) in [5.74, 6) is 0.0322. The second-order valence-electron chi connectivity index (χ2n) is 5.13. The molecule has 0 aromatic rings. The van der Waals surface area contributed by atoms with Crippen LogP contribution in [0.15, 0.2) is 0 Å². The zero-order valence-corrected chi connectivity index (χ0v) is 11.5. The molecule has 1 fully saturated rings. The average Bonchev–Trinajstić information content (AvgIpc) is 2.57. The Morgan fingerprint density at radius 3 is 2.28 bits per heavy atom. The third-order valence-corrected chi connectivity index (χ3v) is 3.31. The quantitative estimate of drug-likeness (QED) is 0.748. The van der Waals surface area contributed by atoms with Crippen LogP contribution in [0.4, 0.5) is 4.79 Å². The fraction of sp³-hybridized carbons (Fsp3) is 0.846. The van der Waals surface area contributed by atoms with Crippen molar-refractivity contribution in [1.29, 1.82) is 0 Å². The van der Waals surface area contributed by atoms with Gasteiger partial charge in [0.2, 0.25) is 5.91 Å². The average molecular weight is 255 g/mol. The minimum Gasteiger partial charge on any atom is -0.349 e. The molecule has 0 saturated heterocycles. The zero-order valence-electron chi connectivity index (χ0n) is 11.5. The third kappa shape index (κ3) is 5.89. The van der Waals surface area contributed by atoms with E-state index in [9.17, 15) is 9.59 Å². The van der Waals surface area contributed by atoms with Crippen LogP contribution in [0.2, 0.25) is 0 Å². The van der Waals surface area contributed by atoms with Crippen molar-refractivity contribution in [3.05, 3.63) is 0 Å². The number of hydrogen-bond acceptors (Lipinski definition) is 2. The van der Waals surface area contributed by atoms with Crippen molar-refractivity contribution in [2.75, 3.05) is 20.6 Å². The first-order chi connectivity index (χ1) is 8.59. The van der Waals surface area contributed by atoms with E-state index in [1.807, 2.05) is 0 Å². The molecule has 0 bridgehead atoms. The molecule has 1 saturated carbocycles. The highest BCUT2D eigenvalue weighted by Crippen LogP contribution is 2.16. The van der Waals surface area contributed by atoms with Gasteiger partial charge in [-0.15, -0.1) is 0 Å². The van der Waals surface area contributed by atoms with E-state index < -0.39 is 0 Å². The minimum atomic E-state index is -0.145. The fourth-order valence-corrected chi connectivity index (χ4v) is 2.17. The van der Waals surface area contributed by atoms with Crippen LogP contribution in [0.3, 0.4) is 0 Å². The van der Waals surface area contributed by atoms with Crippen molar-refractivity contribution in [2.45, 2.75) is 51.0 Å². The van der Waals surface area contributed by atoms with Crippen molar-refractivity contribution >= 4 is 11.9 Å². The van der Waals surface area contributed by atoms with Crippen molar-refractivity contribution in [2.24, 2.45) is 0 Å². The van der Waals surface area contributed by atoms with Crippen LogP contribution < -0.4 is 10.6 Å². The third-order valence-electron chi connectivity index (χ3n) is 3.31. The lowest BCUT2D eigenvalue weighted by atomic mass is 10.1. The van der Waals surface area contributed by atoms with E-state index in [2.05, 4.69) is 10.6 Å². The van der Waals surface area contributed by atoms with E-state index in [-0.39, 0.29) is 11.9 Å². The van der Waals surface area contributed by atoms with Gasteiger partial charge >= 0.3 is 6.03 Å². The molecule has 0 spiro atoms. The summed E-state index contributed by atoms with van der Waals surface area (Å²) in [6.07, 6.45) is 7.45. The van der Waals surface area contributed by atoms with Crippen LogP contribution >= 0.6 is 0 Å². The number of rotatable bonds is 4. The van der Waals surface area contributed by atoms with Gasteiger partial charge in [-0.05, 0) is 12.8 Å². The van der Waals surface area contributed by atoms with E-state index in [0.29, 0.717) is 19.0 Å². The molecule has 0 aromatic carbocycles. The first-order valence-electron chi connectivity index (χ1n) is 6.84. The van der Waals surface area contributed by atoms with E-state index in [0.717, 1.165) is 12.8 Å². The normalized spacial score (nSPS) is 16.8. The number of carbonyl (C=O) groups is 2. The lowest BCUT2D eigenvalue weighted by Crippen LogP contribution is -2.43. The second kappa shape index (κ2) is 7.95. The predicted molar refractivity (Wildman–Crippen MR) is 71.3 cm³/mol. The molecule has 104 valence electrons. The van der Waals surface area contributed by atoms with Crippen LogP contribution in [0.25, 0.3) is 0 Å². The van der Waals surface area contributed by atoms with Gasteiger partial charge in [0.1, 0.15) is 0 Å². The summed E-state index contributed by atoms with van der Waals surface area (Å²) in [5.41, 5.74) is 0. The van der Waals surface area contributed by atoms with E-state index >= 15 is 0 Å². The Hall–Kier alpha value is -1.26. The molecule has 1 aliphatic carbocycles. The molecule has 0 aromatic heterocycles. The van der Waals surface area contributed by atoms with E-state index in [4.69, 9.17) is 0 Å². The van der Waals surface area contributed by atoms with Crippen molar-refractivity contribution in [3.8, 4) is 0 Å². The number of nitrogens with zero attached hydrogens (tertiary/aromatic N) is 1. The molecular formula is C13H25N3O2. The largest absolute Gasteiger partial charge is 0.349 e. The van der Waals surface area contributed by atoms with Crippen molar-refractivity contribution in [1.82, 2.24) is 15.5 Å². The minimum absolute atomic E-state index is 0.0322. The highest BCUT2D eigenvalue weighted by Gasteiger charge is 2.14. The number of carbonyl (C=O) groups excluding carboxylic acids is 2. The second-order valence-corrected chi connectivity index (χ2v) is 5.13. The van der Waals surface area contributed by atoms with Gasteiger partial charge < -0.3 is 15.5 Å². The van der Waals surface area contributed by atoms with Gasteiger partial charge in [-0.3, -0.25) is 4.79 Å². The van der Waals surface area contributed by atoms with Crippen LogP contribution in [0.5, 0.6) is 0 Å². The van der Waals surface area contributed by atoms with Crippen LogP contribution in [-0.4, -0.2) is 43.5 Å². The Balaban J connectivity index is 2.14. The first-order valence-corrected chi connectivity index (χ1v) is 6.84. The molecule has 0 radical (unpaired) electrons. The lowest BCUT2D eigenvalue weighted by molar-refractivity contribution is -0.128. The Labute approximate surface area is 109 Å². The molecule has 3 amide bonds. The maximum Gasteiger partial charge on any atom is 0.315 e. The lowest BCUT2D eigenvalue weighted by Gasteiger charge is -2.17. The van der Waals surface area contributed by atoms with Gasteiger partial charge in [0, 0.05) is 33.1 Å². The highest BCUT2D eigenvalue weighted by molar-refractivity contribution is 5.78. The summed E-state index contributed by atoms with van der Waals surface area (Å²) in [7, 11) is 3.43. The van der Waals surface area contributed by atoms with Crippen molar-refractivity contribution < 1.29 is 9.59 Å². The monoisotopic (exact) mass is 255 g/mol. The highest BCUT2D eigenvalue weighted by atomic mass is 16.2. The molecule has 0 aliphatic heterocycles. The van der Waals surface area contributed by atoms with E-state index in [1.165, 1.54) is 30.6 Å². The smallest absolute Gasteiger partial charge is 0.315 e. The summed E-state index contributed by atoms with van der Waals surface area (Å²) in [6.45, 7) is 0.398. The molecule has 0 atom stereocenters. The van der Waals surface area contributed by atoms with Gasteiger partial charge in [0.25, 0.3) is 0 Å². The Bertz CT molecular complexity index is 271. The summed E-state index contributed by atoms with van der Waals surface area (Å²) in [4.78, 5) is 24.5. The Kier molecular flexibility index (Phi) is 6.54. The summed E-state index contributed by atoms with van der Waals surface area (Å²) in [6, 6.07) is 0.158. The maximum atomic E-state index is 11.6. The predicted octanol–water partition coefficient (Wildman–Crippen LogP) is 1.49. The molecule has 0 unspecified atom stereocenters. The molecule has 1 rings (SSSR count). The number of amides is 3. The van der Waals surface area contributed by atoms with Gasteiger partial charge in [-0.25, -0.2) is 4.79 Å². The molecule has 5 heteroatoms. The van der Waals surface area contributed by atoms with Gasteiger partial charge in [-0.2, -0.15) is 0 Å². The van der Waals surface area contributed by atoms with Gasteiger partial charge in [-0.1, -0.05) is 25.7 Å². The summed E-state index contributed by atoms with van der Waals surface area (Å²) < 4.78 is 0. The maximum absolute atomic E-state index is 11.6. The summed E-state index contributed by atoms with van der Waals surface area (Å²) >= 11 is 0. The van der Waals surface area contributed by atoms with Crippen molar-refractivity contribution in [3.63, 3.8) is 0 Å². The SMILES string of the molecule is CN(C)C(=O)CCNC(=O)NC1CCCCCC1. The Morgan fingerprint density at radius 1 is 1.11 bits per heavy atom. The molecule has 1 aliphatic rings. The fourth-order valence-electron chi connectivity index (χ4n) is 2.17. The zero-order chi connectivity index (χ0) is 13.4. The van der Waals surface area contributed by atoms with Crippen LogP contribution in [0.1, 0.15) is 44.9 Å². The van der Waals surface area contributed by atoms with Crippen LogP contribution in [-0.2, 0) is 4.79 Å². The summed E-state index contributed by atoms with van der Waals surface area (Å²) in [5, 5.41) is 5.73. The molecule has 0 heterocycles. The Morgan fingerprint density at radius 2 is 1.72 bits per heavy atom. The first kappa shape index (κ1) is 14.8. The standard InChI is InChI=1S/C13H25N3O2/c1-16(2)12(17)9-10-14-13(18)15-11-7-5-3-4-6-8-11/h11H,3-10H2,1-2H3,(H2,14,15,18). The van der Waals surface area contributed by atoms with Gasteiger partial charge in [0.05, 0.1) is 0 Å². The molecule has 5 nitrogen and oxygen atoms in total. The number of nitrogens with one attached hydrogen (secondary N) is 2. The molecular weight excluding hydrogens is 230 g/mol. The van der Waals surface area contributed by atoms with Crippen LogP contribution in [0, 0.1) is 0 Å². The molecule has 2 N–H and O–H groups in total. The number of urea groups is 1. The van der Waals surface area contributed by atoms with Gasteiger partial charge in [0.15, 0.2) is 0 Å².